The second-order valence-corrected chi connectivity index (χ2v) is 7.67. The van der Waals surface area contributed by atoms with Crippen LogP contribution in [0.25, 0.3) is 21.1 Å². The first kappa shape index (κ1) is 18.3. The Hall–Kier alpha value is -3.06. The van der Waals surface area contributed by atoms with Gasteiger partial charge in [0, 0.05) is 13.0 Å². The van der Waals surface area contributed by atoms with Crippen molar-refractivity contribution in [3.05, 3.63) is 69.7 Å². The van der Waals surface area contributed by atoms with Gasteiger partial charge >= 0.3 is 5.97 Å². The Bertz CT molecular complexity index is 1180. The molecule has 0 saturated carbocycles. The highest BCUT2D eigenvalue weighted by Crippen LogP contribution is 2.22. The molecule has 0 saturated heterocycles. The van der Waals surface area contributed by atoms with Crippen LogP contribution >= 0.6 is 11.3 Å². The molecular formula is C21H19N3O3S. The molecule has 0 unspecified atom stereocenters. The fraction of sp³-hybridized carbons (Fsp3) is 0.238. The first-order valence-corrected chi connectivity index (χ1v) is 9.88. The number of hydrogen-bond donors (Lipinski definition) is 0. The molecule has 0 radical (unpaired) electrons. The second-order valence-electron chi connectivity index (χ2n) is 6.55. The predicted molar refractivity (Wildman–Crippen MR) is 109 cm³/mol. The maximum atomic E-state index is 12.6. The monoisotopic (exact) mass is 393 g/mol. The molecule has 142 valence electrons. The van der Waals surface area contributed by atoms with E-state index in [4.69, 9.17) is 4.74 Å². The van der Waals surface area contributed by atoms with Crippen molar-refractivity contribution >= 4 is 38.4 Å². The molecule has 4 rings (SSSR count). The molecule has 0 bridgehead atoms. The molecule has 2 aromatic carbocycles. The SMILES string of the molecule is Cc1cccc2c(=O)n(CCCC(=O)OCc3nc4ccccc4s3)cnc12. The van der Waals surface area contributed by atoms with Gasteiger partial charge in [0.2, 0.25) is 0 Å². The van der Waals surface area contributed by atoms with Gasteiger partial charge in [-0.15, -0.1) is 11.3 Å². The first-order chi connectivity index (χ1) is 13.6. The number of nitrogens with zero attached hydrogens (tertiary/aromatic N) is 3. The normalized spacial score (nSPS) is 11.2. The molecule has 0 aliphatic heterocycles. The smallest absolute Gasteiger partial charge is 0.306 e. The van der Waals surface area contributed by atoms with Gasteiger partial charge in [-0.1, -0.05) is 24.3 Å². The third-order valence-corrected chi connectivity index (χ3v) is 5.54. The van der Waals surface area contributed by atoms with Gasteiger partial charge in [-0.05, 0) is 37.1 Å². The van der Waals surface area contributed by atoms with E-state index in [2.05, 4.69) is 9.97 Å². The third-order valence-electron chi connectivity index (χ3n) is 4.53. The molecule has 6 nitrogen and oxygen atoms in total. The average molecular weight is 393 g/mol. The molecule has 2 heterocycles. The zero-order valence-corrected chi connectivity index (χ0v) is 16.2. The average Bonchev–Trinajstić information content (AvgIpc) is 3.12. The number of carbonyl (C=O) groups excluding carboxylic acids is 1. The Kier molecular flexibility index (Phi) is 5.16. The number of para-hydroxylation sites is 2. The molecular weight excluding hydrogens is 374 g/mol. The van der Waals surface area contributed by atoms with Gasteiger partial charge < -0.3 is 4.74 Å². The highest BCUT2D eigenvalue weighted by molar-refractivity contribution is 7.18. The summed E-state index contributed by atoms with van der Waals surface area (Å²) in [5, 5.41) is 1.38. The van der Waals surface area contributed by atoms with Crippen LogP contribution in [0, 0.1) is 6.92 Å². The zero-order valence-electron chi connectivity index (χ0n) is 15.4. The topological polar surface area (TPSA) is 74.1 Å². The van der Waals surface area contributed by atoms with Crippen LogP contribution in [0.15, 0.2) is 53.6 Å². The lowest BCUT2D eigenvalue weighted by molar-refractivity contribution is -0.145. The minimum absolute atomic E-state index is 0.0865. The number of aryl methyl sites for hydroxylation is 2. The number of fused-ring (bicyclic) bond motifs is 2. The van der Waals surface area contributed by atoms with E-state index in [1.54, 1.807) is 17.0 Å². The number of benzene rings is 2. The molecule has 0 amide bonds. The van der Waals surface area contributed by atoms with Crippen LogP contribution in [0.1, 0.15) is 23.4 Å². The largest absolute Gasteiger partial charge is 0.458 e. The number of ether oxygens (including phenoxy) is 1. The third kappa shape index (κ3) is 3.80. The van der Waals surface area contributed by atoms with Gasteiger partial charge in [0.1, 0.15) is 11.6 Å². The summed E-state index contributed by atoms with van der Waals surface area (Å²) in [6, 6.07) is 13.4. The standard InChI is InChI=1S/C21H19N3O3S/c1-14-6-4-7-15-20(14)22-13-24(21(15)26)11-5-10-19(25)27-12-18-23-16-8-2-3-9-17(16)28-18/h2-4,6-9,13H,5,10-12H2,1H3. The summed E-state index contributed by atoms with van der Waals surface area (Å²) in [5.41, 5.74) is 2.52. The minimum atomic E-state index is -0.295. The highest BCUT2D eigenvalue weighted by Gasteiger charge is 2.09. The van der Waals surface area contributed by atoms with Crippen LogP contribution in [0.4, 0.5) is 0 Å². The van der Waals surface area contributed by atoms with E-state index >= 15 is 0 Å². The number of rotatable bonds is 6. The summed E-state index contributed by atoms with van der Waals surface area (Å²) < 4.78 is 7.94. The highest BCUT2D eigenvalue weighted by atomic mass is 32.1. The van der Waals surface area contributed by atoms with Crippen molar-refractivity contribution in [3.63, 3.8) is 0 Å². The molecule has 7 heteroatoms. The molecule has 0 atom stereocenters. The van der Waals surface area contributed by atoms with E-state index in [-0.39, 0.29) is 24.6 Å². The van der Waals surface area contributed by atoms with Gasteiger partial charge in [0.25, 0.3) is 5.56 Å². The lowest BCUT2D eigenvalue weighted by Gasteiger charge is -2.07. The maximum absolute atomic E-state index is 12.6. The Labute approximate surface area is 165 Å². The minimum Gasteiger partial charge on any atom is -0.458 e. The summed E-state index contributed by atoms with van der Waals surface area (Å²) >= 11 is 1.52. The van der Waals surface area contributed by atoms with Crippen molar-refractivity contribution in [2.45, 2.75) is 32.9 Å². The van der Waals surface area contributed by atoms with Crippen LogP contribution < -0.4 is 5.56 Å². The van der Waals surface area contributed by atoms with Crippen molar-refractivity contribution in [1.29, 1.82) is 0 Å². The number of carbonyl (C=O) groups is 1. The summed E-state index contributed by atoms with van der Waals surface area (Å²) in [6.07, 6.45) is 2.30. The number of thiazole rings is 1. The molecule has 0 spiro atoms. The van der Waals surface area contributed by atoms with E-state index < -0.39 is 0 Å². The van der Waals surface area contributed by atoms with Gasteiger partial charge in [-0.25, -0.2) is 9.97 Å². The van der Waals surface area contributed by atoms with Gasteiger partial charge in [0.05, 0.1) is 27.4 Å². The molecule has 2 aromatic heterocycles. The van der Waals surface area contributed by atoms with E-state index in [9.17, 15) is 9.59 Å². The lowest BCUT2D eigenvalue weighted by Crippen LogP contribution is -2.21. The summed E-state index contributed by atoms with van der Waals surface area (Å²) in [5.74, 6) is -0.295. The van der Waals surface area contributed by atoms with Crippen LogP contribution in [-0.2, 0) is 22.7 Å². The second kappa shape index (κ2) is 7.90. The van der Waals surface area contributed by atoms with Crippen molar-refractivity contribution in [1.82, 2.24) is 14.5 Å². The summed E-state index contributed by atoms with van der Waals surface area (Å²) in [7, 11) is 0. The number of esters is 1. The fourth-order valence-corrected chi connectivity index (χ4v) is 3.97. The summed E-state index contributed by atoms with van der Waals surface area (Å²) in [4.78, 5) is 33.4. The Morgan fingerprint density at radius 3 is 2.89 bits per heavy atom. The molecule has 4 aromatic rings. The van der Waals surface area contributed by atoms with E-state index in [1.807, 2.05) is 43.3 Å². The van der Waals surface area contributed by atoms with Crippen LogP contribution in [0.3, 0.4) is 0 Å². The predicted octanol–water partition coefficient (Wildman–Crippen LogP) is 3.84. The van der Waals surface area contributed by atoms with Crippen molar-refractivity contribution in [2.75, 3.05) is 0 Å². The lowest BCUT2D eigenvalue weighted by atomic mass is 10.1. The van der Waals surface area contributed by atoms with Crippen LogP contribution in [-0.4, -0.2) is 20.5 Å². The zero-order chi connectivity index (χ0) is 19.5. The van der Waals surface area contributed by atoms with Gasteiger partial charge in [-0.2, -0.15) is 0 Å². The van der Waals surface area contributed by atoms with Gasteiger partial charge in [-0.3, -0.25) is 14.2 Å². The number of aromatic nitrogens is 3. The summed E-state index contributed by atoms with van der Waals surface area (Å²) in [6.45, 7) is 2.53. The van der Waals surface area contributed by atoms with Crippen molar-refractivity contribution < 1.29 is 9.53 Å². The maximum Gasteiger partial charge on any atom is 0.306 e. The molecule has 0 aliphatic carbocycles. The Morgan fingerprint density at radius 1 is 1.18 bits per heavy atom. The van der Waals surface area contributed by atoms with E-state index in [1.165, 1.54) is 11.3 Å². The molecule has 0 fully saturated rings. The van der Waals surface area contributed by atoms with Crippen LogP contribution in [0.5, 0.6) is 0 Å². The molecule has 28 heavy (non-hydrogen) atoms. The van der Waals surface area contributed by atoms with Crippen LogP contribution in [0.2, 0.25) is 0 Å². The molecule has 0 aliphatic rings. The van der Waals surface area contributed by atoms with Gasteiger partial charge in [0.15, 0.2) is 0 Å². The van der Waals surface area contributed by atoms with E-state index in [0.717, 1.165) is 26.3 Å². The number of hydrogen-bond acceptors (Lipinski definition) is 6. The first-order valence-electron chi connectivity index (χ1n) is 9.06. The van der Waals surface area contributed by atoms with E-state index in [0.29, 0.717) is 18.4 Å². The van der Waals surface area contributed by atoms with Crippen molar-refractivity contribution in [3.8, 4) is 0 Å². The fourth-order valence-electron chi connectivity index (χ4n) is 3.09. The quantitative estimate of drug-likeness (QED) is 0.465. The molecule has 0 N–H and O–H groups in total. The Balaban J connectivity index is 1.32. The van der Waals surface area contributed by atoms with Crippen molar-refractivity contribution in [2.24, 2.45) is 0 Å². The Morgan fingerprint density at radius 2 is 2.04 bits per heavy atom.